The van der Waals surface area contributed by atoms with Gasteiger partial charge in [0, 0.05) is 55.2 Å². The van der Waals surface area contributed by atoms with Crippen molar-refractivity contribution >= 4 is 53.3 Å². The molecule has 4 atom stereocenters. The van der Waals surface area contributed by atoms with E-state index in [0.717, 1.165) is 0 Å². The van der Waals surface area contributed by atoms with Crippen molar-refractivity contribution < 1.29 is 42.9 Å². The van der Waals surface area contributed by atoms with Crippen LogP contribution in [0.1, 0.15) is 106 Å². The number of ether oxygens (including phenoxy) is 4. The van der Waals surface area contributed by atoms with Gasteiger partial charge < -0.3 is 61.1 Å². The number of carbonyl (C=O) groups is 5. The van der Waals surface area contributed by atoms with Crippen LogP contribution in [0, 0.1) is 0 Å². The SMILES string of the molecule is CC(C)(C)OC(=O)N[C@@H]1C[C@H](NC(=O)OC(C)(C)C)CN(c2cc(Nc3ccc(C(N)=O)cc3)cc(N3C[C@H](NC(=O)OC(C)(C)C)C[C@H](NC(=O)OC(C)(C)C)C3)n2)C1. The molecule has 332 valence electrons. The minimum Gasteiger partial charge on any atom is -0.444 e. The minimum absolute atomic E-state index is 0.306. The number of pyridine rings is 1. The van der Waals surface area contributed by atoms with Crippen molar-refractivity contribution in [2.45, 2.75) is 142 Å². The van der Waals surface area contributed by atoms with Crippen LogP contribution in [0.5, 0.6) is 0 Å². The van der Waals surface area contributed by atoms with Crippen LogP contribution in [0.4, 0.5) is 42.2 Å². The summed E-state index contributed by atoms with van der Waals surface area (Å²) in [4.78, 5) is 73.0. The van der Waals surface area contributed by atoms with E-state index in [4.69, 9.17) is 29.7 Å². The number of amides is 5. The van der Waals surface area contributed by atoms with Crippen molar-refractivity contribution in [1.29, 1.82) is 0 Å². The van der Waals surface area contributed by atoms with E-state index in [1.165, 1.54) is 0 Å². The molecule has 2 aliphatic heterocycles. The maximum absolute atomic E-state index is 13.0. The molecule has 2 aromatic rings. The van der Waals surface area contributed by atoms with Crippen LogP contribution in [-0.4, -0.2) is 108 Å². The van der Waals surface area contributed by atoms with Crippen molar-refractivity contribution in [2.24, 2.45) is 5.73 Å². The van der Waals surface area contributed by atoms with Crippen molar-refractivity contribution in [3.8, 4) is 0 Å². The largest absolute Gasteiger partial charge is 0.444 e. The summed E-state index contributed by atoms with van der Waals surface area (Å²) in [6.45, 7) is 22.6. The Bertz CT molecular complexity index is 1670. The molecule has 2 fully saturated rings. The summed E-state index contributed by atoms with van der Waals surface area (Å²) in [5.41, 5.74) is 4.16. The summed E-state index contributed by atoms with van der Waals surface area (Å²) in [6.07, 6.45) is -1.64. The van der Waals surface area contributed by atoms with E-state index in [-0.39, 0.29) is 0 Å². The van der Waals surface area contributed by atoms with Gasteiger partial charge in [0.15, 0.2) is 0 Å². The Morgan fingerprint density at radius 2 is 0.833 bits per heavy atom. The lowest BCUT2D eigenvalue weighted by Gasteiger charge is -2.41. The Kier molecular flexibility index (Phi) is 14.7. The molecule has 3 heterocycles. The maximum atomic E-state index is 13.0. The number of nitrogens with zero attached hydrogens (tertiary/aromatic N) is 3. The Morgan fingerprint density at radius 1 is 0.533 bits per heavy atom. The van der Waals surface area contributed by atoms with Gasteiger partial charge in [0.25, 0.3) is 0 Å². The zero-order valence-electron chi connectivity index (χ0n) is 37.1. The van der Waals surface area contributed by atoms with Gasteiger partial charge in [0.2, 0.25) is 5.91 Å². The second-order valence-corrected chi connectivity index (χ2v) is 19.3. The van der Waals surface area contributed by atoms with Gasteiger partial charge in [0.05, 0.1) is 24.2 Å². The molecule has 0 spiro atoms. The van der Waals surface area contributed by atoms with Gasteiger partial charge in [-0.25, -0.2) is 24.2 Å². The van der Waals surface area contributed by atoms with Crippen LogP contribution >= 0.6 is 0 Å². The predicted molar refractivity (Wildman–Crippen MR) is 229 cm³/mol. The Hall–Kier alpha value is -5.68. The van der Waals surface area contributed by atoms with E-state index in [9.17, 15) is 24.0 Å². The number of alkyl carbamates (subject to hydrolysis) is 4. The first kappa shape index (κ1) is 47.0. The Labute approximate surface area is 353 Å². The third-order valence-electron chi connectivity index (χ3n) is 8.69. The molecular formula is C42H65N9O9. The minimum atomic E-state index is -0.737. The van der Waals surface area contributed by atoms with Crippen LogP contribution in [0.3, 0.4) is 0 Å². The topological polar surface area (TPSA) is 228 Å². The summed E-state index contributed by atoms with van der Waals surface area (Å²) < 4.78 is 22.3. The number of hydrogen-bond donors (Lipinski definition) is 6. The highest BCUT2D eigenvalue weighted by atomic mass is 16.6. The molecule has 7 N–H and O–H groups in total. The molecule has 2 aliphatic rings. The molecule has 0 aliphatic carbocycles. The van der Waals surface area contributed by atoms with Crippen LogP contribution in [0.25, 0.3) is 0 Å². The second-order valence-electron chi connectivity index (χ2n) is 19.3. The standard InChI is InChI=1S/C42H65N9O9/c1-39(2,3)57-35(53)45-28-17-29(46-36(54)58-40(4,5)6)22-50(21-28)32-19-27(44-26-15-13-25(14-16-26)34(43)52)20-33(49-32)51-23-30(47-37(55)59-41(7,8)9)18-31(24-51)48-38(56)60-42(10,11)12/h13-16,19-20,28-31H,17-18,21-24H2,1-12H3,(H2,43,52)(H,44,49)(H,45,53)(H,46,54)(H,47,55)(H,48,56)/t28-,29+,30-,31+. The van der Waals surface area contributed by atoms with Gasteiger partial charge >= 0.3 is 24.4 Å². The summed E-state index contributed by atoms with van der Waals surface area (Å²) in [7, 11) is 0. The Balaban J connectivity index is 1.76. The zero-order valence-corrected chi connectivity index (χ0v) is 37.1. The molecule has 2 saturated heterocycles. The molecule has 1 aromatic heterocycles. The smallest absolute Gasteiger partial charge is 0.407 e. The van der Waals surface area contributed by atoms with Gasteiger partial charge in [-0.1, -0.05) is 0 Å². The molecule has 18 heteroatoms. The highest BCUT2D eigenvalue weighted by molar-refractivity contribution is 5.93. The molecule has 4 rings (SSSR count). The number of nitrogens with one attached hydrogen (secondary N) is 5. The first-order valence-corrected chi connectivity index (χ1v) is 20.2. The molecule has 0 unspecified atom stereocenters. The maximum Gasteiger partial charge on any atom is 0.407 e. The highest BCUT2D eigenvalue weighted by Gasteiger charge is 2.35. The number of nitrogens with two attached hydrogens (primary N) is 1. The number of hydrogen-bond acceptors (Lipinski definition) is 13. The quantitative estimate of drug-likeness (QED) is 0.162. The monoisotopic (exact) mass is 839 g/mol. The third-order valence-corrected chi connectivity index (χ3v) is 8.69. The van der Waals surface area contributed by atoms with Gasteiger partial charge in [-0.3, -0.25) is 4.79 Å². The molecule has 0 bridgehead atoms. The van der Waals surface area contributed by atoms with E-state index < -0.39 is 76.9 Å². The third kappa shape index (κ3) is 16.2. The van der Waals surface area contributed by atoms with E-state index in [2.05, 4.69) is 26.6 Å². The van der Waals surface area contributed by atoms with Crippen LogP contribution in [-0.2, 0) is 18.9 Å². The fraction of sp³-hybridized carbons (Fsp3) is 0.619. The lowest BCUT2D eigenvalue weighted by atomic mass is 10.00. The number of aromatic nitrogens is 1. The van der Waals surface area contributed by atoms with E-state index in [1.807, 2.05) is 21.9 Å². The number of anilines is 4. The van der Waals surface area contributed by atoms with Crippen LogP contribution in [0.15, 0.2) is 36.4 Å². The van der Waals surface area contributed by atoms with E-state index in [0.29, 0.717) is 67.6 Å². The van der Waals surface area contributed by atoms with Crippen LogP contribution < -0.4 is 42.1 Å². The van der Waals surface area contributed by atoms with E-state index >= 15 is 0 Å². The number of piperidine rings is 2. The highest BCUT2D eigenvalue weighted by Crippen LogP contribution is 2.31. The van der Waals surface area contributed by atoms with Crippen LogP contribution in [0.2, 0.25) is 0 Å². The average molecular weight is 840 g/mol. The first-order valence-electron chi connectivity index (χ1n) is 20.2. The summed E-state index contributed by atoms with van der Waals surface area (Å²) >= 11 is 0. The fourth-order valence-corrected chi connectivity index (χ4v) is 6.67. The summed E-state index contributed by atoms with van der Waals surface area (Å²) in [6, 6.07) is 8.45. The summed E-state index contributed by atoms with van der Waals surface area (Å²) in [5, 5.41) is 15.3. The fourth-order valence-electron chi connectivity index (χ4n) is 6.67. The second kappa shape index (κ2) is 18.7. The van der Waals surface area contributed by atoms with Crippen molar-refractivity contribution in [2.75, 3.05) is 41.3 Å². The number of benzene rings is 1. The van der Waals surface area contributed by atoms with Gasteiger partial charge in [0.1, 0.15) is 34.0 Å². The lowest BCUT2D eigenvalue weighted by Crippen LogP contribution is -2.58. The molecule has 5 amide bonds. The molecule has 1 aromatic carbocycles. The van der Waals surface area contributed by atoms with Crippen molar-refractivity contribution in [3.63, 3.8) is 0 Å². The first-order chi connectivity index (χ1) is 27.6. The Morgan fingerprint density at radius 3 is 1.10 bits per heavy atom. The number of carbonyl (C=O) groups excluding carboxylic acids is 5. The molecule has 0 radical (unpaired) electrons. The molecule has 18 nitrogen and oxygen atoms in total. The van der Waals surface area contributed by atoms with Crippen molar-refractivity contribution in [1.82, 2.24) is 26.3 Å². The molecule has 60 heavy (non-hydrogen) atoms. The normalized spacial score (nSPS) is 19.9. The van der Waals surface area contributed by atoms with Gasteiger partial charge in [-0.05, 0) is 120 Å². The molecular weight excluding hydrogens is 775 g/mol. The average Bonchev–Trinajstić information content (AvgIpc) is 3.04. The summed E-state index contributed by atoms with van der Waals surface area (Å²) in [5.74, 6) is 0.432. The van der Waals surface area contributed by atoms with Gasteiger partial charge in [-0.2, -0.15) is 0 Å². The zero-order chi connectivity index (χ0) is 44.8. The number of primary amides is 1. The number of rotatable bonds is 9. The molecule has 0 saturated carbocycles. The van der Waals surface area contributed by atoms with Crippen molar-refractivity contribution in [3.05, 3.63) is 42.0 Å². The lowest BCUT2D eigenvalue weighted by molar-refractivity contribution is 0.0452. The van der Waals surface area contributed by atoms with Gasteiger partial charge in [-0.15, -0.1) is 0 Å². The predicted octanol–water partition coefficient (Wildman–Crippen LogP) is 5.92. The van der Waals surface area contributed by atoms with E-state index in [1.54, 1.807) is 107 Å².